The number of hydrogen-bond donors (Lipinski definition) is 4. The Kier molecular flexibility index (Phi) is 12.9. The van der Waals surface area contributed by atoms with E-state index in [4.69, 9.17) is 0 Å². The third-order valence-corrected chi connectivity index (χ3v) is 7.35. The first-order valence-corrected chi connectivity index (χ1v) is 14.8. The summed E-state index contributed by atoms with van der Waals surface area (Å²) in [7, 11) is 0. The molecule has 4 amide bonds. The van der Waals surface area contributed by atoms with E-state index in [2.05, 4.69) is 16.0 Å². The summed E-state index contributed by atoms with van der Waals surface area (Å²) in [4.78, 5) is 53.7. The summed E-state index contributed by atoms with van der Waals surface area (Å²) in [6.07, 6.45) is 1.71. The first-order chi connectivity index (χ1) is 20.0. The van der Waals surface area contributed by atoms with Crippen molar-refractivity contribution in [3.63, 3.8) is 0 Å². The largest absolute Gasteiger partial charge is 0.391 e. The van der Waals surface area contributed by atoms with Crippen molar-refractivity contribution in [2.75, 3.05) is 13.1 Å². The second-order valence-corrected chi connectivity index (χ2v) is 12.7. The van der Waals surface area contributed by atoms with Gasteiger partial charge in [-0.05, 0) is 56.6 Å². The lowest BCUT2D eigenvalue weighted by atomic mass is 9.89. The number of aliphatic hydroxyl groups excluding tert-OH is 1. The molecule has 0 bridgehead atoms. The molecule has 2 rings (SSSR count). The Labute approximate surface area is 254 Å². The number of rotatable bonds is 11. The number of halogens is 1. The summed E-state index contributed by atoms with van der Waals surface area (Å²) >= 11 is 0. The van der Waals surface area contributed by atoms with Crippen LogP contribution in [0.5, 0.6) is 0 Å². The number of carbonyl (C=O) groups is 4. The summed E-state index contributed by atoms with van der Waals surface area (Å²) in [5.41, 5.74) is 0.315. The van der Waals surface area contributed by atoms with Gasteiger partial charge in [-0.15, -0.1) is 0 Å². The van der Waals surface area contributed by atoms with Crippen LogP contribution in [0.1, 0.15) is 71.9 Å². The normalized spacial score (nSPS) is 16.6. The zero-order valence-corrected chi connectivity index (χ0v) is 26.3. The van der Waals surface area contributed by atoms with Crippen LogP contribution in [-0.4, -0.2) is 64.9 Å². The van der Waals surface area contributed by atoms with Crippen LogP contribution in [0, 0.1) is 41.3 Å². The van der Waals surface area contributed by atoms with Crippen LogP contribution in [0.15, 0.2) is 29.8 Å². The molecule has 0 aliphatic carbocycles. The Morgan fingerprint density at radius 1 is 1.12 bits per heavy atom. The quantitative estimate of drug-likeness (QED) is 0.227. The molecule has 1 aliphatic heterocycles. The minimum atomic E-state index is -1.30. The second kappa shape index (κ2) is 15.6. The summed E-state index contributed by atoms with van der Waals surface area (Å²) < 4.78 is 14.4. The smallest absolute Gasteiger partial charge is 0.264 e. The van der Waals surface area contributed by atoms with Crippen LogP contribution in [0.4, 0.5) is 4.39 Å². The summed E-state index contributed by atoms with van der Waals surface area (Å²) in [6.45, 7) is 12.6. The van der Waals surface area contributed by atoms with Crippen LogP contribution < -0.4 is 16.0 Å². The van der Waals surface area contributed by atoms with Crippen molar-refractivity contribution in [2.45, 2.75) is 92.5 Å². The number of allylic oxidation sites excluding steroid dienone is 1. The highest BCUT2D eigenvalue weighted by Crippen LogP contribution is 2.24. The molecule has 1 aromatic carbocycles. The number of nitriles is 1. The first kappa shape index (κ1) is 35.4. The molecular formula is C32H46FN5O5. The average Bonchev–Trinajstić information content (AvgIpc) is 2.92. The first-order valence-electron chi connectivity index (χ1n) is 14.8. The number of amides is 4. The molecule has 0 aromatic heterocycles. The number of hydrogen-bond acceptors (Lipinski definition) is 6. The molecule has 0 radical (unpaired) electrons. The number of aliphatic hydroxyl groups is 1. The highest BCUT2D eigenvalue weighted by Gasteiger charge is 2.34. The van der Waals surface area contributed by atoms with Crippen molar-refractivity contribution < 1.29 is 28.7 Å². The van der Waals surface area contributed by atoms with E-state index in [-0.39, 0.29) is 41.8 Å². The highest BCUT2D eigenvalue weighted by molar-refractivity contribution is 5.97. The maximum Gasteiger partial charge on any atom is 0.264 e. The summed E-state index contributed by atoms with van der Waals surface area (Å²) in [6, 6.07) is 4.32. The molecule has 4 N–H and O–H groups in total. The Hall–Kier alpha value is -3.78. The predicted molar refractivity (Wildman–Crippen MR) is 160 cm³/mol. The zero-order valence-electron chi connectivity index (χ0n) is 26.3. The molecule has 10 nitrogen and oxygen atoms in total. The van der Waals surface area contributed by atoms with Crippen molar-refractivity contribution in [1.29, 1.82) is 5.26 Å². The van der Waals surface area contributed by atoms with Crippen molar-refractivity contribution in [3.05, 3.63) is 46.8 Å². The number of carbonyl (C=O) groups excluding carboxylic acids is 4. The molecule has 0 saturated carbocycles. The zero-order chi connectivity index (χ0) is 32.5. The lowest BCUT2D eigenvalue weighted by Crippen LogP contribution is -2.58. The van der Waals surface area contributed by atoms with Gasteiger partial charge in [0.1, 0.15) is 29.5 Å². The molecule has 236 valence electrons. The van der Waals surface area contributed by atoms with E-state index in [1.54, 1.807) is 50.8 Å². The highest BCUT2D eigenvalue weighted by atomic mass is 19.1. The lowest BCUT2D eigenvalue weighted by Gasteiger charge is -2.34. The summed E-state index contributed by atoms with van der Waals surface area (Å²) in [5, 5.41) is 27.7. The Balaban J connectivity index is 2.19. The number of aryl methyl sites for hydroxylation is 1. The van der Waals surface area contributed by atoms with E-state index >= 15 is 0 Å². The molecule has 1 fully saturated rings. The standard InChI is InChI=1S/C32H46FN5O5/c1-19(2)14-24(17-34)30(42)38-12-10-22(11-13-38)16-26(28(40)35-18-23-9-8-20(3)15-25(23)33)36-29(41)27(21(4)39)37-31(43)32(5,6)7/h8-9,14-15,19,21-22,26-27,39H,10-13,16,18H2,1-7H3,(H,35,40)(H,36,41)(H,37,43)/t21-,26+,27+/m1/s1. The summed E-state index contributed by atoms with van der Waals surface area (Å²) in [5.74, 6) is -2.49. The minimum absolute atomic E-state index is 0.0473. The Morgan fingerprint density at radius 3 is 2.26 bits per heavy atom. The van der Waals surface area contributed by atoms with Gasteiger partial charge in [-0.2, -0.15) is 5.26 Å². The molecule has 0 unspecified atom stereocenters. The topological polar surface area (TPSA) is 152 Å². The van der Waals surface area contributed by atoms with Crippen molar-refractivity contribution in [1.82, 2.24) is 20.9 Å². The second-order valence-electron chi connectivity index (χ2n) is 12.7. The molecule has 0 spiro atoms. The van der Waals surface area contributed by atoms with Crippen LogP contribution >= 0.6 is 0 Å². The van der Waals surface area contributed by atoms with Crippen LogP contribution in [0.25, 0.3) is 0 Å². The number of benzene rings is 1. The van der Waals surface area contributed by atoms with Crippen molar-refractivity contribution in [3.8, 4) is 6.07 Å². The van der Waals surface area contributed by atoms with Crippen LogP contribution in [-0.2, 0) is 25.7 Å². The predicted octanol–water partition coefficient (Wildman–Crippen LogP) is 2.88. The van der Waals surface area contributed by atoms with Crippen LogP contribution in [0.3, 0.4) is 0 Å². The molecule has 1 aromatic rings. The molecule has 11 heteroatoms. The van der Waals surface area contributed by atoms with E-state index in [9.17, 15) is 33.9 Å². The van der Waals surface area contributed by atoms with Gasteiger partial charge in [0.2, 0.25) is 17.7 Å². The Morgan fingerprint density at radius 2 is 1.74 bits per heavy atom. The molecule has 3 atom stereocenters. The van der Waals surface area contributed by atoms with E-state index in [1.165, 1.54) is 13.0 Å². The number of nitrogens with zero attached hydrogens (tertiary/aromatic N) is 2. The fourth-order valence-corrected chi connectivity index (χ4v) is 4.72. The third kappa shape index (κ3) is 10.8. The van der Waals surface area contributed by atoms with E-state index < -0.39 is 47.1 Å². The molecule has 1 aliphatic rings. The molecule has 1 saturated heterocycles. The van der Waals surface area contributed by atoms with Crippen molar-refractivity contribution in [2.24, 2.45) is 17.3 Å². The number of nitrogens with one attached hydrogen (secondary N) is 3. The average molecular weight is 600 g/mol. The van der Waals surface area contributed by atoms with Gasteiger partial charge >= 0.3 is 0 Å². The van der Waals surface area contributed by atoms with Gasteiger partial charge in [0.05, 0.1) is 6.10 Å². The van der Waals surface area contributed by atoms with Gasteiger partial charge < -0.3 is 26.0 Å². The molecule has 43 heavy (non-hydrogen) atoms. The van der Waals surface area contributed by atoms with Crippen LogP contribution in [0.2, 0.25) is 0 Å². The van der Waals surface area contributed by atoms with E-state index in [0.717, 1.165) is 5.56 Å². The Bertz CT molecular complexity index is 1240. The molecule has 1 heterocycles. The minimum Gasteiger partial charge on any atom is -0.391 e. The fraction of sp³-hybridized carbons (Fsp3) is 0.594. The van der Waals surface area contributed by atoms with E-state index in [1.807, 2.05) is 19.9 Å². The SMILES string of the molecule is Cc1ccc(CNC(=O)[C@H](CC2CCN(C(=O)C(C#N)=CC(C)C)CC2)NC(=O)[C@@H](NC(=O)C(C)(C)C)[C@@H](C)O)c(F)c1. The monoisotopic (exact) mass is 599 g/mol. The van der Waals surface area contributed by atoms with Gasteiger partial charge in [0.15, 0.2) is 0 Å². The van der Waals surface area contributed by atoms with E-state index in [0.29, 0.717) is 25.9 Å². The van der Waals surface area contributed by atoms with Gasteiger partial charge in [0, 0.05) is 30.6 Å². The van der Waals surface area contributed by atoms with Gasteiger partial charge in [0.25, 0.3) is 5.91 Å². The number of piperidine rings is 1. The van der Waals surface area contributed by atoms with Gasteiger partial charge in [-0.25, -0.2) is 4.39 Å². The fourth-order valence-electron chi connectivity index (χ4n) is 4.72. The lowest BCUT2D eigenvalue weighted by molar-refractivity contribution is -0.137. The molecular weight excluding hydrogens is 553 g/mol. The van der Waals surface area contributed by atoms with Gasteiger partial charge in [-0.1, -0.05) is 52.8 Å². The maximum atomic E-state index is 14.4. The number of likely N-dealkylation sites (tertiary alicyclic amines) is 1. The van der Waals surface area contributed by atoms with Crippen molar-refractivity contribution >= 4 is 23.6 Å². The van der Waals surface area contributed by atoms with Gasteiger partial charge in [-0.3, -0.25) is 19.2 Å². The maximum absolute atomic E-state index is 14.4. The third-order valence-electron chi connectivity index (χ3n) is 7.35.